The summed E-state index contributed by atoms with van der Waals surface area (Å²) in [7, 11) is 0. The zero-order valence-corrected chi connectivity index (χ0v) is 11.5. The van der Waals surface area contributed by atoms with Gasteiger partial charge in [-0.3, -0.25) is 0 Å². The van der Waals surface area contributed by atoms with Crippen LogP contribution in [0.1, 0.15) is 21.7 Å². The number of alkyl halides is 3. The topological polar surface area (TPSA) is 68.0 Å². The number of carboxylic acid groups (broad SMARTS) is 1. The van der Waals surface area contributed by atoms with Gasteiger partial charge in [0.2, 0.25) is 5.69 Å². The third-order valence-electron chi connectivity index (χ3n) is 2.53. The molecule has 5 nitrogen and oxygen atoms in total. The maximum atomic E-state index is 13.0. The molecule has 0 saturated heterocycles. The molecule has 0 aliphatic heterocycles. The summed E-state index contributed by atoms with van der Waals surface area (Å²) in [6, 6.07) is 4.26. The van der Waals surface area contributed by atoms with Crippen molar-refractivity contribution in [3.63, 3.8) is 0 Å². The zero-order valence-electron chi connectivity index (χ0n) is 10.0. The van der Waals surface area contributed by atoms with E-state index in [1.807, 2.05) is 0 Å². The van der Waals surface area contributed by atoms with E-state index in [1.54, 1.807) is 0 Å². The number of benzene rings is 1. The molecule has 0 bridgehead atoms. The summed E-state index contributed by atoms with van der Waals surface area (Å²) >= 11 is 11.6. The predicted molar refractivity (Wildman–Crippen MR) is 67.5 cm³/mol. The molecule has 1 N–H and O–H groups in total. The second-order valence-electron chi connectivity index (χ2n) is 3.98. The van der Waals surface area contributed by atoms with Crippen LogP contribution in [-0.2, 0) is 12.7 Å². The molecule has 0 unspecified atom stereocenters. The third-order valence-corrected chi connectivity index (χ3v) is 3.14. The van der Waals surface area contributed by atoms with Gasteiger partial charge in [0.25, 0.3) is 0 Å². The van der Waals surface area contributed by atoms with Gasteiger partial charge in [0, 0.05) is 10.0 Å². The molecule has 0 amide bonds. The van der Waals surface area contributed by atoms with Crippen molar-refractivity contribution in [3.05, 3.63) is 45.2 Å². The standard InChI is InChI=1S/C11H6Cl2F3N3O2/c12-6-1-2-7(13)5(3-6)4-19-9(11(14,15)16)8(10(20)21)17-18-19/h1-3H,4H2,(H,20,21). The van der Waals surface area contributed by atoms with Crippen molar-refractivity contribution in [2.24, 2.45) is 0 Å². The number of carboxylic acids is 1. The Kier molecular flexibility index (Phi) is 4.11. The van der Waals surface area contributed by atoms with E-state index in [1.165, 1.54) is 18.2 Å². The van der Waals surface area contributed by atoms with Crippen molar-refractivity contribution < 1.29 is 23.1 Å². The lowest BCUT2D eigenvalue weighted by Gasteiger charge is -2.11. The molecule has 112 valence electrons. The first-order chi connectivity index (χ1) is 9.70. The largest absolute Gasteiger partial charge is 0.476 e. The molecular formula is C11H6Cl2F3N3O2. The van der Waals surface area contributed by atoms with Gasteiger partial charge in [-0.25, -0.2) is 9.48 Å². The van der Waals surface area contributed by atoms with Crippen LogP contribution < -0.4 is 0 Å². The molecule has 2 rings (SSSR count). The fourth-order valence-electron chi connectivity index (χ4n) is 1.67. The smallest absolute Gasteiger partial charge is 0.435 e. The Morgan fingerprint density at radius 3 is 2.57 bits per heavy atom. The van der Waals surface area contributed by atoms with Crippen molar-refractivity contribution >= 4 is 29.2 Å². The van der Waals surface area contributed by atoms with E-state index in [9.17, 15) is 18.0 Å². The fraction of sp³-hybridized carbons (Fsp3) is 0.182. The third kappa shape index (κ3) is 3.27. The summed E-state index contributed by atoms with van der Waals surface area (Å²) in [6.07, 6.45) is -4.91. The Morgan fingerprint density at radius 1 is 1.33 bits per heavy atom. The first-order valence-corrected chi connectivity index (χ1v) is 6.13. The first-order valence-electron chi connectivity index (χ1n) is 5.38. The minimum absolute atomic E-state index is 0.180. The maximum Gasteiger partial charge on any atom is 0.435 e. The minimum atomic E-state index is -4.91. The van der Waals surface area contributed by atoms with Crippen LogP contribution in [0.25, 0.3) is 0 Å². The van der Waals surface area contributed by atoms with E-state index in [-0.39, 0.29) is 15.6 Å². The van der Waals surface area contributed by atoms with Crippen LogP contribution in [0, 0.1) is 0 Å². The number of hydrogen-bond acceptors (Lipinski definition) is 3. The van der Waals surface area contributed by atoms with E-state index in [4.69, 9.17) is 28.3 Å². The Labute approximate surface area is 125 Å². The molecule has 1 aromatic carbocycles. The number of rotatable bonds is 3. The van der Waals surface area contributed by atoms with Crippen molar-refractivity contribution in [2.45, 2.75) is 12.7 Å². The van der Waals surface area contributed by atoms with Gasteiger partial charge in [0.1, 0.15) is 0 Å². The van der Waals surface area contributed by atoms with Crippen molar-refractivity contribution in [1.29, 1.82) is 0 Å². The lowest BCUT2D eigenvalue weighted by molar-refractivity contribution is -0.144. The molecule has 0 spiro atoms. The van der Waals surface area contributed by atoms with Crippen LogP contribution in [0.4, 0.5) is 13.2 Å². The summed E-state index contributed by atoms with van der Waals surface area (Å²) in [4.78, 5) is 10.8. The van der Waals surface area contributed by atoms with E-state index >= 15 is 0 Å². The normalized spacial score (nSPS) is 11.7. The van der Waals surface area contributed by atoms with E-state index in [2.05, 4.69) is 10.3 Å². The van der Waals surface area contributed by atoms with Gasteiger partial charge in [-0.05, 0) is 23.8 Å². The van der Waals surface area contributed by atoms with E-state index in [0.29, 0.717) is 4.68 Å². The second kappa shape index (κ2) is 5.53. The number of halogens is 5. The van der Waals surface area contributed by atoms with Crippen LogP contribution >= 0.6 is 23.2 Å². The second-order valence-corrected chi connectivity index (χ2v) is 4.83. The molecular weight excluding hydrogens is 334 g/mol. The Bertz CT molecular complexity index is 701. The minimum Gasteiger partial charge on any atom is -0.476 e. The monoisotopic (exact) mass is 339 g/mol. The van der Waals surface area contributed by atoms with Crippen LogP contribution in [0.2, 0.25) is 10.0 Å². The summed E-state index contributed by atoms with van der Waals surface area (Å²) in [5, 5.41) is 15.5. The van der Waals surface area contributed by atoms with Crippen molar-refractivity contribution in [1.82, 2.24) is 15.0 Å². The number of hydrogen-bond donors (Lipinski definition) is 1. The fourth-order valence-corrected chi connectivity index (χ4v) is 2.05. The molecule has 0 aliphatic carbocycles. The Morgan fingerprint density at radius 2 is 2.00 bits per heavy atom. The lowest BCUT2D eigenvalue weighted by atomic mass is 10.2. The van der Waals surface area contributed by atoms with Crippen LogP contribution in [0.15, 0.2) is 18.2 Å². The SMILES string of the molecule is O=C(O)c1nnn(Cc2cc(Cl)ccc2Cl)c1C(F)(F)F. The van der Waals surface area contributed by atoms with Gasteiger partial charge in [0.15, 0.2) is 5.69 Å². The summed E-state index contributed by atoms with van der Waals surface area (Å²) in [6.45, 7) is -0.408. The number of aromatic nitrogens is 3. The highest BCUT2D eigenvalue weighted by atomic mass is 35.5. The predicted octanol–water partition coefficient (Wildman–Crippen LogP) is 3.35. The molecule has 0 atom stereocenters. The van der Waals surface area contributed by atoms with Gasteiger partial charge in [-0.2, -0.15) is 13.2 Å². The molecule has 10 heteroatoms. The molecule has 1 aromatic heterocycles. The molecule has 0 saturated carbocycles. The molecule has 0 aliphatic rings. The number of aromatic carboxylic acids is 1. The zero-order chi connectivity index (χ0) is 15.8. The molecule has 0 fully saturated rings. The molecule has 0 radical (unpaired) electrons. The van der Waals surface area contributed by atoms with Gasteiger partial charge in [-0.1, -0.05) is 28.4 Å². The van der Waals surface area contributed by atoms with Gasteiger partial charge in [-0.15, -0.1) is 5.10 Å². The van der Waals surface area contributed by atoms with E-state index < -0.39 is 30.1 Å². The number of nitrogens with zero attached hydrogens (tertiary/aromatic N) is 3. The summed E-state index contributed by atoms with van der Waals surface area (Å²) < 4.78 is 39.3. The van der Waals surface area contributed by atoms with E-state index in [0.717, 1.165) is 0 Å². The Balaban J connectivity index is 2.50. The highest BCUT2D eigenvalue weighted by Gasteiger charge is 2.41. The van der Waals surface area contributed by atoms with Crippen molar-refractivity contribution in [2.75, 3.05) is 0 Å². The quantitative estimate of drug-likeness (QED) is 0.930. The summed E-state index contributed by atoms with van der Waals surface area (Å²) in [5.74, 6) is -1.81. The van der Waals surface area contributed by atoms with Gasteiger partial charge < -0.3 is 5.11 Å². The first kappa shape index (κ1) is 15.6. The number of carbonyl (C=O) groups is 1. The maximum absolute atomic E-state index is 13.0. The summed E-state index contributed by atoms with van der Waals surface area (Å²) in [5.41, 5.74) is -2.36. The average molecular weight is 340 g/mol. The molecule has 21 heavy (non-hydrogen) atoms. The van der Waals surface area contributed by atoms with Crippen LogP contribution in [-0.4, -0.2) is 26.1 Å². The lowest BCUT2D eigenvalue weighted by Crippen LogP contribution is -2.19. The van der Waals surface area contributed by atoms with Crippen molar-refractivity contribution in [3.8, 4) is 0 Å². The van der Waals surface area contributed by atoms with Gasteiger partial charge >= 0.3 is 12.1 Å². The average Bonchev–Trinajstić information content (AvgIpc) is 2.77. The highest BCUT2D eigenvalue weighted by molar-refractivity contribution is 6.33. The van der Waals surface area contributed by atoms with Crippen LogP contribution in [0.3, 0.4) is 0 Å². The molecule has 1 heterocycles. The highest BCUT2D eigenvalue weighted by Crippen LogP contribution is 2.32. The Hall–Kier alpha value is -1.80. The van der Waals surface area contributed by atoms with Gasteiger partial charge in [0.05, 0.1) is 6.54 Å². The van der Waals surface area contributed by atoms with Crippen LogP contribution in [0.5, 0.6) is 0 Å². The molecule has 2 aromatic rings.